The fraction of sp³-hybridized carbons (Fsp3) is 0.343. The number of hydrogen-bond acceptors (Lipinski definition) is 5. The van der Waals surface area contributed by atoms with E-state index in [9.17, 15) is 19.5 Å². The Morgan fingerprint density at radius 1 is 1.09 bits per heavy atom. The molecule has 4 atom stereocenters. The highest BCUT2D eigenvalue weighted by atomic mass is 28.4. The van der Waals surface area contributed by atoms with E-state index in [0.717, 1.165) is 5.56 Å². The summed E-state index contributed by atoms with van der Waals surface area (Å²) in [5.74, 6) is -1.24. The highest BCUT2D eigenvalue weighted by Gasteiger charge is 2.67. The molecule has 0 aliphatic carbocycles. The molecular formula is C35H40FN3O5Si. The van der Waals surface area contributed by atoms with Crippen LogP contribution in [0.15, 0.2) is 91.5 Å². The Bertz CT molecular complexity index is 1550. The van der Waals surface area contributed by atoms with Gasteiger partial charge in [0.05, 0.1) is 24.8 Å². The van der Waals surface area contributed by atoms with E-state index in [1.54, 1.807) is 47.2 Å². The highest BCUT2D eigenvalue weighted by Crippen LogP contribution is 2.60. The maximum Gasteiger partial charge on any atom is 0.264 e. The zero-order chi connectivity index (χ0) is 32.4. The van der Waals surface area contributed by atoms with Crippen LogP contribution < -0.4 is 9.80 Å². The number of halogens is 1. The molecule has 2 aliphatic heterocycles. The zero-order valence-corrected chi connectivity index (χ0v) is 26.9. The summed E-state index contributed by atoms with van der Waals surface area (Å²) < 4.78 is 23.1. The minimum atomic E-state index is -3.53. The van der Waals surface area contributed by atoms with Gasteiger partial charge in [-0.25, -0.2) is 0 Å². The number of rotatable bonds is 12. The predicted octanol–water partition coefficient (Wildman–Crippen LogP) is 5.70. The Labute approximate surface area is 264 Å². The molecule has 45 heavy (non-hydrogen) atoms. The second-order valence-electron chi connectivity index (χ2n) is 12.2. The summed E-state index contributed by atoms with van der Waals surface area (Å²) in [7, 11) is -3.53. The fourth-order valence-electron chi connectivity index (χ4n) is 7.07. The number of amides is 3. The number of nitrogens with zero attached hydrogens (tertiary/aromatic N) is 3. The third-order valence-electron chi connectivity index (χ3n) is 8.99. The topological polar surface area (TPSA) is 90.4 Å². The molecule has 10 heteroatoms. The van der Waals surface area contributed by atoms with Crippen LogP contribution >= 0.6 is 0 Å². The number of aliphatic hydroxyl groups excluding tert-OH is 1. The van der Waals surface area contributed by atoms with Gasteiger partial charge in [0.25, 0.3) is 5.91 Å². The first kappa shape index (κ1) is 32.3. The number of ether oxygens (including phenoxy) is 1. The van der Waals surface area contributed by atoms with Crippen molar-refractivity contribution in [1.82, 2.24) is 4.90 Å². The summed E-state index contributed by atoms with van der Waals surface area (Å²) >= 11 is 0. The number of aliphatic hydroxyl groups is 1. The molecule has 236 valence electrons. The van der Waals surface area contributed by atoms with Gasteiger partial charge in [0.2, 0.25) is 20.7 Å². The monoisotopic (exact) mass is 629 g/mol. The smallest absolute Gasteiger partial charge is 0.264 e. The van der Waals surface area contributed by atoms with E-state index in [1.807, 2.05) is 67.6 Å². The average Bonchev–Trinajstić information content (AvgIpc) is 3.44. The first-order chi connectivity index (χ1) is 21.6. The van der Waals surface area contributed by atoms with Crippen LogP contribution in [0.25, 0.3) is 0 Å². The molecule has 0 bridgehead atoms. The second-order valence-corrected chi connectivity index (χ2v) is 16.0. The van der Waals surface area contributed by atoms with Crippen LogP contribution in [0.4, 0.5) is 21.2 Å². The van der Waals surface area contributed by atoms with Gasteiger partial charge in [0.15, 0.2) is 5.60 Å². The van der Waals surface area contributed by atoms with Crippen molar-refractivity contribution in [2.75, 3.05) is 29.5 Å². The Morgan fingerprint density at radius 3 is 2.36 bits per heavy atom. The van der Waals surface area contributed by atoms with Gasteiger partial charge < -0.3 is 23.8 Å². The lowest BCUT2D eigenvalue weighted by Gasteiger charge is -2.31. The minimum Gasteiger partial charge on any atom is -0.395 e. The molecule has 3 aromatic carbocycles. The summed E-state index contributed by atoms with van der Waals surface area (Å²) in [4.78, 5) is 45.1. The quantitative estimate of drug-likeness (QED) is 0.120. The first-order valence-corrected chi connectivity index (χ1v) is 18.2. The molecule has 8 nitrogen and oxygen atoms in total. The normalized spacial score (nSPS) is 22.4. The van der Waals surface area contributed by atoms with Crippen molar-refractivity contribution in [2.45, 2.75) is 50.2 Å². The van der Waals surface area contributed by atoms with Gasteiger partial charge >= 0.3 is 0 Å². The third kappa shape index (κ3) is 5.97. The van der Waals surface area contributed by atoms with E-state index in [0.29, 0.717) is 29.0 Å². The molecule has 0 saturated carbocycles. The van der Waals surface area contributed by atoms with Crippen molar-refractivity contribution in [1.29, 1.82) is 0 Å². The van der Waals surface area contributed by atoms with E-state index in [1.165, 1.54) is 4.90 Å². The Kier molecular flexibility index (Phi) is 9.38. The summed E-state index contributed by atoms with van der Waals surface area (Å²) in [6, 6.07) is 23.9. The van der Waals surface area contributed by atoms with Crippen LogP contribution in [0, 0.1) is 5.92 Å². The minimum absolute atomic E-state index is 0.113. The zero-order valence-electron chi connectivity index (χ0n) is 25.9. The molecule has 3 aromatic rings. The Balaban J connectivity index is 1.56. The lowest BCUT2D eigenvalue weighted by atomic mass is 9.82. The number of benzene rings is 3. The first-order valence-electron chi connectivity index (χ1n) is 15.2. The second kappa shape index (κ2) is 13.1. The molecule has 2 aliphatic rings. The lowest BCUT2D eigenvalue weighted by molar-refractivity contribution is -0.149. The number of fused-ring (bicyclic) bond motifs is 2. The van der Waals surface area contributed by atoms with Crippen LogP contribution in [-0.4, -0.2) is 62.4 Å². The van der Waals surface area contributed by atoms with Crippen molar-refractivity contribution in [3.63, 3.8) is 0 Å². The molecule has 1 spiro atoms. The number of anilines is 3. The molecule has 0 unspecified atom stereocenters. The van der Waals surface area contributed by atoms with Crippen LogP contribution in [0.5, 0.6) is 0 Å². The number of para-hydroxylation sites is 1. The molecule has 0 aromatic heterocycles. The lowest BCUT2D eigenvalue weighted by Crippen LogP contribution is -2.45. The molecule has 3 amide bonds. The predicted molar refractivity (Wildman–Crippen MR) is 175 cm³/mol. The maximum absolute atomic E-state index is 16.3. The third-order valence-corrected chi connectivity index (χ3v) is 11.4. The van der Waals surface area contributed by atoms with Crippen molar-refractivity contribution < 1.29 is 28.3 Å². The van der Waals surface area contributed by atoms with Gasteiger partial charge in [-0.3, -0.25) is 19.3 Å². The molecule has 1 saturated heterocycles. The van der Waals surface area contributed by atoms with Crippen molar-refractivity contribution >= 4 is 43.7 Å². The standard InChI is InChI=1S/C35H40FN3O5Si/c1-5-18-38-30-17-16-28(39(24-41)27-14-10-7-11-15-27)21-29(30)35(34(38)43)25(2)33(45(3,4)36)31(44-35)22-32(42)37(19-20-40)23-26-12-8-6-9-13-26/h5-17,21,24-25,31,33,40H,1,18-20,22-23H2,2-4H3/t25-,31+,33-,35+/m1/s1. The number of hydrogen-bond donors (Lipinski definition) is 1. The summed E-state index contributed by atoms with van der Waals surface area (Å²) in [6.07, 6.45) is 1.32. The van der Waals surface area contributed by atoms with Crippen LogP contribution in [-0.2, 0) is 31.3 Å². The largest absolute Gasteiger partial charge is 0.395 e. The van der Waals surface area contributed by atoms with E-state index in [4.69, 9.17) is 4.74 Å². The van der Waals surface area contributed by atoms with Gasteiger partial charge in [-0.2, -0.15) is 0 Å². The van der Waals surface area contributed by atoms with E-state index < -0.39 is 31.6 Å². The molecule has 1 N–H and O–H groups in total. The molecule has 5 rings (SSSR count). The number of carbonyl (C=O) groups excluding carboxylic acids is 3. The number of carbonyl (C=O) groups is 3. The highest BCUT2D eigenvalue weighted by molar-refractivity contribution is 6.72. The van der Waals surface area contributed by atoms with Crippen LogP contribution in [0.2, 0.25) is 18.6 Å². The van der Waals surface area contributed by atoms with Gasteiger partial charge in [-0.1, -0.05) is 61.5 Å². The van der Waals surface area contributed by atoms with Crippen LogP contribution in [0.3, 0.4) is 0 Å². The fourth-order valence-corrected chi connectivity index (χ4v) is 9.57. The summed E-state index contributed by atoms with van der Waals surface area (Å²) in [6.45, 7) is 9.23. The van der Waals surface area contributed by atoms with Crippen molar-refractivity contribution in [2.24, 2.45) is 5.92 Å². The summed E-state index contributed by atoms with van der Waals surface area (Å²) in [5.41, 5.74) is 0.973. The van der Waals surface area contributed by atoms with Crippen molar-refractivity contribution in [3.8, 4) is 0 Å². The van der Waals surface area contributed by atoms with Gasteiger partial charge in [-0.05, 0) is 49.0 Å². The van der Waals surface area contributed by atoms with Gasteiger partial charge in [-0.15, -0.1) is 6.58 Å². The Hall–Kier alpha value is -4.12. The average molecular weight is 630 g/mol. The van der Waals surface area contributed by atoms with Crippen LogP contribution in [0.1, 0.15) is 24.5 Å². The van der Waals surface area contributed by atoms with Gasteiger partial charge in [0.1, 0.15) is 0 Å². The van der Waals surface area contributed by atoms with E-state index >= 15 is 4.11 Å². The van der Waals surface area contributed by atoms with E-state index in [2.05, 4.69) is 6.58 Å². The Morgan fingerprint density at radius 2 is 1.76 bits per heavy atom. The molecular weight excluding hydrogens is 589 g/mol. The molecule has 2 heterocycles. The van der Waals surface area contributed by atoms with E-state index in [-0.39, 0.29) is 44.5 Å². The maximum atomic E-state index is 16.3. The summed E-state index contributed by atoms with van der Waals surface area (Å²) in [5, 5.41) is 9.75. The molecule has 1 fully saturated rings. The molecule has 0 radical (unpaired) electrons. The van der Waals surface area contributed by atoms with Gasteiger partial charge in [0, 0.05) is 48.0 Å². The SMILES string of the molecule is C=CCN1C(=O)[C@@]2(O[C@@H](CC(=O)N(CCO)Cc3ccccc3)[C@H]([Si](C)(C)F)[C@H]2C)c2cc(N(C=O)c3ccccc3)ccc21. The van der Waals surface area contributed by atoms with Crippen molar-refractivity contribution in [3.05, 3.63) is 103 Å².